The average molecular weight is 552 g/mol. The number of carbonyl (C=O) groups is 2. The van der Waals surface area contributed by atoms with E-state index in [2.05, 4.69) is 9.71 Å². The van der Waals surface area contributed by atoms with Crippen LogP contribution in [0.4, 0.5) is 10.8 Å². The minimum atomic E-state index is -3.91. The summed E-state index contributed by atoms with van der Waals surface area (Å²) in [4.78, 5) is 31.6. The van der Waals surface area contributed by atoms with Crippen molar-refractivity contribution in [3.63, 3.8) is 0 Å². The normalized spacial score (nSPS) is 17.2. The van der Waals surface area contributed by atoms with Crippen molar-refractivity contribution >= 4 is 61.2 Å². The van der Waals surface area contributed by atoms with Crippen LogP contribution < -0.4 is 9.62 Å². The zero-order chi connectivity index (χ0) is 26.2. The maximum absolute atomic E-state index is 13.3. The number of anilines is 2. The van der Waals surface area contributed by atoms with Crippen LogP contribution in [-0.2, 0) is 19.6 Å². The van der Waals surface area contributed by atoms with Crippen molar-refractivity contribution < 1.29 is 23.1 Å². The Morgan fingerprint density at radius 2 is 1.65 bits per heavy atom. The maximum atomic E-state index is 13.3. The topological polar surface area (TPSA) is 117 Å². The summed E-state index contributed by atoms with van der Waals surface area (Å²) in [5, 5.41) is 13.4. The number of nitrogens with one attached hydrogen (secondary N) is 1. The van der Waals surface area contributed by atoms with Gasteiger partial charge in [0.1, 0.15) is 5.76 Å². The smallest absolute Gasteiger partial charge is 0.300 e. The molecule has 3 aromatic carbocycles. The summed E-state index contributed by atoms with van der Waals surface area (Å²) in [7, 11) is -3.91. The van der Waals surface area contributed by atoms with E-state index in [1.165, 1.54) is 35.4 Å². The van der Waals surface area contributed by atoms with E-state index < -0.39 is 27.8 Å². The highest BCUT2D eigenvalue weighted by Crippen LogP contribution is 2.42. The van der Waals surface area contributed by atoms with Crippen LogP contribution in [-0.4, -0.2) is 30.2 Å². The van der Waals surface area contributed by atoms with Gasteiger partial charge in [0.25, 0.3) is 21.7 Å². The number of carbonyl (C=O) groups excluding carboxylic acids is 2. The van der Waals surface area contributed by atoms with E-state index in [0.29, 0.717) is 21.8 Å². The minimum absolute atomic E-state index is 0.0412. The molecule has 1 amide bonds. The molecule has 2 N–H and O–H groups in total. The lowest BCUT2D eigenvalue weighted by molar-refractivity contribution is -0.132. The molecule has 0 radical (unpaired) electrons. The van der Waals surface area contributed by atoms with Gasteiger partial charge in [0.05, 0.1) is 16.5 Å². The number of thiazole rings is 1. The van der Waals surface area contributed by atoms with Crippen LogP contribution in [0, 0.1) is 0 Å². The van der Waals surface area contributed by atoms with E-state index in [9.17, 15) is 23.1 Å². The molecule has 1 aliphatic rings. The predicted octanol–water partition coefficient (Wildman–Crippen LogP) is 5.22. The highest BCUT2D eigenvalue weighted by Gasteiger charge is 2.47. The highest BCUT2D eigenvalue weighted by molar-refractivity contribution is 7.93. The molecule has 2 heterocycles. The molecule has 0 saturated carbocycles. The van der Waals surface area contributed by atoms with E-state index in [4.69, 9.17) is 11.6 Å². The van der Waals surface area contributed by atoms with Crippen molar-refractivity contribution in [3.05, 3.63) is 112 Å². The average Bonchev–Trinajstić information content (AvgIpc) is 3.50. The largest absolute Gasteiger partial charge is 0.507 e. The fourth-order valence-corrected chi connectivity index (χ4v) is 5.96. The first-order valence-corrected chi connectivity index (χ1v) is 13.6. The number of halogens is 1. The van der Waals surface area contributed by atoms with E-state index >= 15 is 0 Å². The summed E-state index contributed by atoms with van der Waals surface area (Å²) >= 11 is 7.10. The number of amides is 1. The van der Waals surface area contributed by atoms with Crippen molar-refractivity contribution in [2.24, 2.45) is 0 Å². The number of nitrogens with zero attached hydrogens (tertiary/aromatic N) is 2. The van der Waals surface area contributed by atoms with Gasteiger partial charge in [0, 0.05) is 27.9 Å². The standard InChI is InChI=1S/C26H18ClN3O5S2/c27-18-8-6-17(7-9-18)23(31)21-22(16-4-2-1-3-5-16)30(25(33)24(21)32)19-10-12-20(13-11-19)37(34,35)29-26-28-14-15-36-26/h1-15,22,31H,(H,28,29)/b23-21+. The molecule has 5 rings (SSSR count). The van der Waals surface area contributed by atoms with Crippen LogP contribution in [0.3, 0.4) is 0 Å². The molecular formula is C26H18ClN3O5S2. The lowest BCUT2D eigenvalue weighted by Gasteiger charge is -2.25. The van der Waals surface area contributed by atoms with Crippen molar-refractivity contribution in [3.8, 4) is 0 Å². The Balaban J connectivity index is 1.58. The van der Waals surface area contributed by atoms with Gasteiger partial charge in [-0.2, -0.15) is 0 Å². The fraction of sp³-hybridized carbons (Fsp3) is 0.0385. The van der Waals surface area contributed by atoms with Gasteiger partial charge in [-0.15, -0.1) is 11.3 Å². The molecule has 186 valence electrons. The van der Waals surface area contributed by atoms with Crippen LogP contribution in [0.15, 0.2) is 101 Å². The number of benzene rings is 3. The maximum Gasteiger partial charge on any atom is 0.300 e. The Bertz CT molecular complexity index is 1600. The van der Waals surface area contributed by atoms with E-state index in [0.717, 1.165) is 11.3 Å². The third-order valence-corrected chi connectivity index (χ3v) is 8.18. The van der Waals surface area contributed by atoms with Crippen LogP contribution in [0.2, 0.25) is 5.02 Å². The lowest BCUT2D eigenvalue weighted by Crippen LogP contribution is -2.29. The molecule has 1 fully saturated rings. The SMILES string of the molecule is O=C1C(=O)N(c2ccc(S(=O)(=O)Nc3nccs3)cc2)C(c2ccccc2)/C1=C(\O)c1ccc(Cl)cc1. The first-order valence-electron chi connectivity index (χ1n) is 10.9. The number of ketones is 1. The predicted molar refractivity (Wildman–Crippen MR) is 142 cm³/mol. The summed E-state index contributed by atoms with van der Waals surface area (Å²) in [5.74, 6) is -2.04. The monoisotopic (exact) mass is 551 g/mol. The van der Waals surface area contributed by atoms with Gasteiger partial charge in [0.2, 0.25) is 0 Å². The fourth-order valence-electron chi connectivity index (χ4n) is 4.05. The first kappa shape index (κ1) is 24.7. The second kappa shape index (κ2) is 9.81. The number of hydrogen-bond donors (Lipinski definition) is 2. The van der Waals surface area contributed by atoms with Gasteiger partial charge >= 0.3 is 0 Å². The van der Waals surface area contributed by atoms with Crippen molar-refractivity contribution in [1.29, 1.82) is 0 Å². The van der Waals surface area contributed by atoms with Crippen molar-refractivity contribution in [1.82, 2.24) is 4.98 Å². The molecule has 0 aliphatic carbocycles. The summed E-state index contributed by atoms with van der Waals surface area (Å²) in [6.45, 7) is 0. The van der Waals surface area contributed by atoms with Gasteiger partial charge in [-0.3, -0.25) is 19.2 Å². The van der Waals surface area contributed by atoms with Crippen molar-refractivity contribution in [2.75, 3.05) is 9.62 Å². The molecule has 1 atom stereocenters. The first-order chi connectivity index (χ1) is 17.8. The van der Waals surface area contributed by atoms with Crippen LogP contribution >= 0.6 is 22.9 Å². The Morgan fingerprint density at radius 3 is 2.27 bits per heavy atom. The number of aliphatic hydroxyl groups is 1. The summed E-state index contributed by atoms with van der Waals surface area (Å²) in [5.41, 5.74) is 1.14. The van der Waals surface area contributed by atoms with Crippen LogP contribution in [0.25, 0.3) is 5.76 Å². The number of aromatic nitrogens is 1. The quantitative estimate of drug-likeness (QED) is 0.193. The molecule has 1 unspecified atom stereocenters. The van der Waals surface area contributed by atoms with Gasteiger partial charge in [-0.05, 0) is 54.1 Å². The number of sulfonamides is 1. The zero-order valence-electron chi connectivity index (χ0n) is 18.9. The van der Waals surface area contributed by atoms with Crippen LogP contribution in [0.1, 0.15) is 17.2 Å². The third-order valence-electron chi connectivity index (χ3n) is 5.76. The Hall–Kier alpha value is -3.99. The van der Waals surface area contributed by atoms with Gasteiger partial charge in [-0.1, -0.05) is 41.9 Å². The lowest BCUT2D eigenvalue weighted by atomic mass is 9.95. The minimum Gasteiger partial charge on any atom is -0.507 e. The molecule has 11 heteroatoms. The van der Waals surface area contributed by atoms with E-state index in [-0.39, 0.29) is 21.4 Å². The van der Waals surface area contributed by atoms with Gasteiger partial charge in [-0.25, -0.2) is 13.4 Å². The summed E-state index contributed by atoms with van der Waals surface area (Å²) in [6, 6.07) is 19.7. The molecule has 1 aliphatic heterocycles. The Labute approximate surface area is 221 Å². The van der Waals surface area contributed by atoms with E-state index in [1.54, 1.807) is 60.0 Å². The van der Waals surface area contributed by atoms with Crippen molar-refractivity contribution in [2.45, 2.75) is 10.9 Å². The molecule has 8 nitrogen and oxygen atoms in total. The molecule has 4 aromatic rings. The number of hydrogen-bond acceptors (Lipinski definition) is 7. The third kappa shape index (κ3) is 4.74. The van der Waals surface area contributed by atoms with Crippen LogP contribution in [0.5, 0.6) is 0 Å². The zero-order valence-corrected chi connectivity index (χ0v) is 21.3. The molecule has 0 spiro atoms. The number of Topliss-reactive ketones (excluding diaryl/α,β-unsaturated/α-hetero) is 1. The van der Waals surface area contributed by atoms with Gasteiger partial charge in [0.15, 0.2) is 5.13 Å². The summed E-state index contributed by atoms with van der Waals surface area (Å²) in [6.07, 6.45) is 1.48. The summed E-state index contributed by atoms with van der Waals surface area (Å²) < 4.78 is 27.8. The number of aliphatic hydroxyl groups excluding tert-OH is 1. The molecule has 1 saturated heterocycles. The highest BCUT2D eigenvalue weighted by atomic mass is 35.5. The molecule has 37 heavy (non-hydrogen) atoms. The molecule has 0 bridgehead atoms. The second-order valence-electron chi connectivity index (χ2n) is 8.02. The number of rotatable bonds is 6. The Morgan fingerprint density at radius 1 is 0.973 bits per heavy atom. The molecule has 1 aromatic heterocycles. The van der Waals surface area contributed by atoms with E-state index in [1.807, 2.05) is 0 Å². The molecular weight excluding hydrogens is 534 g/mol. The van der Waals surface area contributed by atoms with Gasteiger partial charge < -0.3 is 5.11 Å². The second-order valence-corrected chi connectivity index (χ2v) is 11.0. The Kier molecular flexibility index (Phi) is 6.55.